The third kappa shape index (κ3) is 2.76. The van der Waals surface area contributed by atoms with Gasteiger partial charge in [0.15, 0.2) is 0 Å². The molecule has 19 heavy (non-hydrogen) atoms. The van der Waals surface area contributed by atoms with Crippen LogP contribution in [0.3, 0.4) is 0 Å². The van der Waals surface area contributed by atoms with Gasteiger partial charge in [0.2, 0.25) is 5.91 Å². The molecule has 1 amide bonds. The molecule has 5 nitrogen and oxygen atoms in total. The second-order valence-electron chi connectivity index (χ2n) is 4.51. The van der Waals surface area contributed by atoms with Crippen LogP contribution in [0.15, 0.2) is 24.3 Å². The van der Waals surface area contributed by atoms with Gasteiger partial charge in [0.25, 0.3) is 0 Å². The van der Waals surface area contributed by atoms with Crippen LogP contribution in [0.2, 0.25) is 0 Å². The van der Waals surface area contributed by atoms with Crippen molar-refractivity contribution in [3.8, 4) is 0 Å². The summed E-state index contributed by atoms with van der Waals surface area (Å²) in [5.74, 6) is -0.502. The first kappa shape index (κ1) is 13.5. The Kier molecular flexibility index (Phi) is 4.16. The van der Waals surface area contributed by atoms with Crippen molar-refractivity contribution >= 4 is 17.6 Å². The molecule has 102 valence electrons. The molecule has 0 fully saturated rings. The summed E-state index contributed by atoms with van der Waals surface area (Å²) in [5, 5.41) is 3.01. The largest absolute Gasteiger partial charge is 0.468 e. The molecule has 0 saturated carbocycles. The van der Waals surface area contributed by atoms with E-state index in [4.69, 9.17) is 0 Å². The molecular weight excluding hydrogens is 244 g/mol. The standard InChI is InChI=1S/C14H18N2O3/c1-15-11-8-7-10-5-3-4-6-12(10)16(14(11)18)9-13(17)19-2/h3-6,11,15H,7-9H2,1-2H3. The first-order chi connectivity index (χ1) is 9.17. The number of rotatable bonds is 3. The molecule has 5 heteroatoms. The second-order valence-corrected chi connectivity index (χ2v) is 4.51. The third-order valence-electron chi connectivity index (χ3n) is 3.41. The SMILES string of the molecule is CNC1CCc2ccccc2N(CC(=O)OC)C1=O. The highest BCUT2D eigenvalue weighted by atomic mass is 16.5. The Labute approximate surface area is 112 Å². The van der Waals surface area contributed by atoms with Crippen LogP contribution in [-0.2, 0) is 20.7 Å². The molecular formula is C14H18N2O3. The van der Waals surface area contributed by atoms with Crippen LogP contribution in [0.1, 0.15) is 12.0 Å². The first-order valence-corrected chi connectivity index (χ1v) is 6.30. The number of esters is 1. The number of carbonyl (C=O) groups excluding carboxylic acids is 2. The van der Waals surface area contributed by atoms with E-state index < -0.39 is 5.97 Å². The van der Waals surface area contributed by atoms with Crippen LogP contribution < -0.4 is 10.2 Å². The minimum Gasteiger partial charge on any atom is -0.468 e. The Morgan fingerprint density at radius 1 is 1.47 bits per heavy atom. The average molecular weight is 262 g/mol. The number of para-hydroxylation sites is 1. The Bertz CT molecular complexity index is 487. The summed E-state index contributed by atoms with van der Waals surface area (Å²) in [6.45, 7) is -0.0511. The van der Waals surface area contributed by atoms with Crippen LogP contribution in [0, 0.1) is 0 Å². The molecule has 1 aliphatic rings. The quantitative estimate of drug-likeness (QED) is 0.816. The van der Waals surface area contributed by atoms with E-state index in [-0.39, 0.29) is 18.5 Å². The summed E-state index contributed by atoms with van der Waals surface area (Å²) in [4.78, 5) is 25.5. The second kappa shape index (κ2) is 5.84. The van der Waals surface area contributed by atoms with Crippen molar-refractivity contribution in [3.05, 3.63) is 29.8 Å². The van der Waals surface area contributed by atoms with Gasteiger partial charge in [0.05, 0.1) is 13.2 Å². The zero-order chi connectivity index (χ0) is 13.8. The lowest BCUT2D eigenvalue weighted by Gasteiger charge is -2.24. The van der Waals surface area contributed by atoms with Crippen molar-refractivity contribution in [1.82, 2.24) is 5.32 Å². The number of carbonyl (C=O) groups is 2. The first-order valence-electron chi connectivity index (χ1n) is 6.30. The topological polar surface area (TPSA) is 58.6 Å². The maximum Gasteiger partial charge on any atom is 0.325 e. The lowest BCUT2D eigenvalue weighted by molar-refractivity contribution is -0.140. The van der Waals surface area contributed by atoms with Gasteiger partial charge >= 0.3 is 5.97 Å². The number of benzene rings is 1. The maximum atomic E-state index is 12.4. The van der Waals surface area contributed by atoms with Crippen LogP contribution in [0.5, 0.6) is 0 Å². The number of anilines is 1. The van der Waals surface area contributed by atoms with E-state index in [0.29, 0.717) is 0 Å². The Morgan fingerprint density at radius 2 is 2.21 bits per heavy atom. The highest BCUT2D eigenvalue weighted by molar-refractivity contribution is 6.01. The third-order valence-corrected chi connectivity index (χ3v) is 3.41. The Balaban J connectivity index is 2.38. The molecule has 0 aliphatic carbocycles. The minimum absolute atomic E-state index is 0.0511. The number of nitrogens with one attached hydrogen (secondary N) is 1. The smallest absolute Gasteiger partial charge is 0.325 e. The van der Waals surface area contributed by atoms with E-state index in [0.717, 1.165) is 24.1 Å². The molecule has 2 rings (SSSR count). The molecule has 1 unspecified atom stereocenters. The number of ether oxygens (including phenoxy) is 1. The lowest BCUT2D eigenvalue weighted by atomic mass is 10.1. The molecule has 1 aliphatic heterocycles. The van der Waals surface area contributed by atoms with Gasteiger partial charge < -0.3 is 10.1 Å². The van der Waals surface area contributed by atoms with Crippen molar-refractivity contribution in [2.75, 3.05) is 25.6 Å². The van der Waals surface area contributed by atoms with Crippen molar-refractivity contribution in [1.29, 1.82) is 0 Å². The van der Waals surface area contributed by atoms with Crippen molar-refractivity contribution < 1.29 is 14.3 Å². The lowest BCUT2D eigenvalue weighted by Crippen LogP contribution is -2.46. The summed E-state index contributed by atoms with van der Waals surface area (Å²) < 4.78 is 4.67. The summed E-state index contributed by atoms with van der Waals surface area (Å²) in [6, 6.07) is 7.41. The monoisotopic (exact) mass is 262 g/mol. The van der Waals surface area contributed by atoms with E-state index in [1.165, 1.54) is 12.0 Å². The number of nitrogens with zero attached hydrogens (tertiary/aromatic N) is 1. The molecule has 0 aromatic heterocycles. The highest BCUT2D eigenvalue weighted by Crippen LogP contribution is 2.26. The maximum absolute atomic E-state index is 12.4. The van der Waals surface area contributed by atoms with Crippen molar-refractivity contribution in [2.24, 2.45) is 0 Å². The summed E-state index contributed by atoms with van der Waals surface area (Å²) >= 11 is 0. The van der Waals surface area contributed by atoms with Gasteiger partial charge in [-0.3, -0.25) is 14.5 Å². The molecule has 1 aromatic carbocycles. The number of aryl methyl sites for hydroxylation is 1. The molecule has 1 aromatic rings. The molecule has 1 N–H and O–H groups in total. The Morgan fingerprint density at radius 3 is 2.89 bits per heavy atom. The normalized spacial score (nSPS) is 18.7. The van der Waals surface area contributed by atoms with Crippen LogP contribution in [-0.4, -0.2) is 38.6 Å². The van der Waals surface area contributed by atoms with Gasteiger partial charge in [-0.2, -0.15) is 0 Å². The van der Waals surface area contributed by atoms with Gasteiger partial charge in [-0.25, -0.2) is 0 Å². The van der Waals surface area contributed by atoms with Gasteiger partial charge in [0, 0.05) is 5.69 Å². The number of fused-ring (bicyclic) bond motifs is 1. The summed E-state index contributed by atoms with van der Waals surface area (Å²) in [5.41, 5.74) is 1.88. The fraction of sp³-hybridized carbons (Fsp3) is 0.429. The van der Waals surface area contributed by atoms with Gasteiger partial charge in [0.1, 0.15) is 6.54 Å². The molecule has 1 heterocycles. The van der Waals surface area contributed by atoms with Crippen LogP contribution >= 0.6 is 0 Å². The van der Waals surface area contributed by atoms with E-state index in [9.17, 15) is 9.59 Å². The number of hydrogen-bond donors (Lipinski definition) is 1. The average Bonchev–Trinajstić information content (AvgIpc) is 2.57. The molecule has 0 saturated heterocycles. The molecule has 0 spiro atoms. The minimum atomic E-state index is -0.417. The van der Waals surface area contributed by atoms with E-state index in [1.807, 2.05) is 24.3 Å². The summed E-state index contributed by atoms with van der Waals surface area (Å²) in [6.07, 6.45) is 1.54. The fourth-order valence-corrected chi connectivity index (χ4v) is 2.34. The number of likely N-dealkylation sites (N-methyl/N-ethyl adjacent to an activating group) is 1. The number of hydrogen-bond acceptors (Lipinski definition) is 4. The predicted molar refractivity (Wildman–Crippen MR) is 72.0 cm³/mol. The highest BCUT2D eigenvalue weighted by Gasteiger charge is 2.30. The zero-order valence-corrected chi connectivity index (χ0v) is 11.2. The van der Waals surface area contributed by atoms with Crippen LogP contribution in [0.4, 0.5) is 5.69 Å². The van der Waals surface area contributed by atoms with E-state index >= 15 is 0 Å². The zero-order valence-electron chi connectivity index (χ0n) is 11.2. The Hall–Kier alpha value is -1.88. The van der Waals surface area contributed by atoms with E-state index in [1.54, 1.807) is 7.05 Å². The van der Waals surface area contributed by atoms with Crippen molar-refractivity contribution in [3.63, 3.8) is 0 Å². The summed E-state index contributed by atoms with van der Waals surface area (Å²) in [7, 11) is 3.08. The van der Waals surface area contributed by atoms with Gasteiger partial charge in [-0.05, 0) is 31.5 Å². The predicted octanol–water partition coefficient (Wildman–Crippen LogP) is 0.727. The number of methoxy groups -OCH3 is 1. The van der Waals surface area contributed by atoms with Crippen LogP contribution in [0.25, 0.3) is 0 Å². The van der Waals surface area contributed by atoms with E-state index in [2.05, 4.69) is 10.1 Å². The molecule has 0 radical (unpaired) electrons. The molecule has 1 atom stereocenters. The number of amides is 1. The van der Waals surface area contributed by atoms with Crippen molar-refractivity contribution in [2.45, 2.75) is 18.9 Å². The fourth-order valence-electron chi connectivity index (χ4n) is 2.34. The van der Waals surface area contributed by atoms with Gasteiger partial charge in [-0.1, -0.05) is 18.2 Å². The van der Waals surface area contributed by atoms with Gasteiger partial charge in [-0.15, -0.1) is 0 Å². The molecule has 0 bridgehead atoms.